The summed E-state index contributed by atoms with van der Waals surface area (Å²) in [4.78, 5) is 24.6. The lowest BCUT2D eigenvalue weighted by atomic mass is 10.1. The van der Waals surface area contributed by atoms with Crippen molar-refractivity contribution in [1.82, 2.24) is 15.1 Å². The first-order valence-electron chi connectivity index (χ1n) is 5.80. The summed E-state index contributed by atoms with van der Waals surface area (Å²) in [6, 6.07) is 4.63. The summed E-state index contributed by atoms with van der Waals surface area (Å²) in [7, 11) is 0. The number of hydrogen-bond acceptors (Lipinski definition) is 5. The van der Waals surface area contributed by atoms with Gasteiger partial charge in [-0.25, -0.2) is 9.59 Å². The molecule has 102 valence electrons. The van der Waals surface area contributed by atoms with Crippen LogP contribution in [0.25, 0.3) is 0 Å². The highest BCUT2D eigenvalue weighted by molar-refractivity contribution is 7.13. The lowest BCUT2D eigenvalue weighted by molar-refractivity contribution is 0.0696. The van der Waals surface area contributed by atoms with E-state index in [9.17, 15) is 9.59 Å². The molecule has 3 rings (SSSR count). The summed E-state index contributed by atoms with van der Waals surface area (Å²) >= 11 is 1.24. The fourth-order valence-corrected chi connectivity index (χ4v) is 2.50. The number of amides is 2. The predicted molar refractivity (Wildman–Crippen MR) is 71.6 cm³/mol. The van der Waals surface area contributed by atoms with Gasteiger partial charge in [0.25, 0.3) is 0 Å². The molecule has 8 heteroatoms. The number of aromatic carboxylic acids is 1. The van der Waals surface area contributed by atoms with E-state index in [-0.39, 0.29) is 11.6 Å². The predicted octanol–water partition coefficient (Wildman–Crippen LogP) is 1.78. The molecule has 1 aliphatic rings. The number of aromatic nitrogens is 2. The Morgan fingerprint density at radius 3 is 2.80 bits per heavy atom. The standard InChI is InChI=1S/C12H10N4O3S/c17-10(18)7-1-2-8-4-16(5-9(8)3-7)12(19)14-11-15-13-6-20-11/h1-3,6H,4-5H2,(H,17,18)(H,14,15,19). The monoisotopic (exact) mass is 290 g/mol. The highest BCUT2D eigenvalue weighted by Gasteiger charge is 2.24. The van der Waals surface area contributed by atoms with E-state index in [4.69, 9.17) is 5.11 Å². The highest BCUT2D eigenvalue weighted by atomic mass is 32.1. The van der Waals surface area contributed by atoms with E-state index in [0.29, 0.717) is 18.2 Å². The van der Waals surface area contributed by atoms with Crippen molar-refractivity contribution in [1.29, 1.82) is 0 Å². The average molecular weight is 290 g/mol. The molecular formula is C12H10N4O3S. The molecule has 2 heterocycles. The number of nitrogens with one attached hydrogen (secondary N) is 1. The molecule has 1 aromatic heterocycles. The Kier molecular flexibility index (Phi) is 3.07. The number of carboxylic acid groups (broad SMARTS) is 1. The van der Waals surface area contributed by atoms with Gasteiger partial charge in [0.15, 0.2) is 0 Å². The van der Waals surface area contributed by atoms with E-state index < -0.39 is 5.97 Å². The van der Waals surface area contributed by atoms with E-state index in [1.807, 2.05) is 0 Å². The second kappa shape index (κ2) is 4.89. The number of rotatable bonds is 2. The Morgan fingerprint density at radius 1 is 1.30 bits per heavy atom. The van der Waals surface area contributed by atoms with Crippen molar-refractivity contribution >= 4 is 28.5 Å². The third kappa shape index (κ3) is 2.32. The minimum absolute atomic E-state index is 0.232. The molecule has 0 atom stereocenters. The van der Waals surface area contributed by atoms with Gasteiger partial charge in [-0.2, -0.15) is 0 Å². The molecule has 0 unspecified atom stereocenters. The zero-order chi connectivity index (χ0) is 14.1. The second-order valence-corrected chi connectivity index (χ2v) is 5.15. The van der Waals surface area contributed by atoms with E-state index in [1.54, 1.807) is 23.1 Å². The molecule has 0 radical (unpaired) electrons. The summed E-state index contributed by atoms with van der Waals surface area (Å²) in [5, 5.41) is 19.4. The number of benzene rings is 1. The summed E-state index contributed by atoms with van der Waals surface area (Å²) in [5.74, 6) is -0.968. The minimum atomic E-state index is -0.968. The first kappa shape index (κ1) is 12.5. The first-order chi connectivity index (χ1) is 9.63. The van der Waals surface area contributed by atoms with Gasteiger partial charge in [-0.15, -0.1) is 10.2 Å². The van der Waals surface area contributed by atoms with Crippen molar-refractivity contribution in [3.05, 3.63) is 40.4 Å². The molecular weight excluding hydrogens is 280 g/mol. The molecule has 0 bridgehead atoms. The molecule has 0 saturated heterocycles. The van der Waals surface area contributed by atoms with Crippen LogP contribution in [0.1, 0.15) is 21.5 Å². The van der Waals surface area contributed by atoms with Crippen molar-refractivity contribution in [2.75, 3.05) is 5.32 Å². The van der Waals surface area contributed by atoms with Crippen LogP contribution in [0.4, 0.5) is 9.93 Å². The van der Waals surface area contributed by atoms with Crippen molar-refractivity contribution < 1.29 is 14.7 Å². The van der Waals surface area contributed by atoms with Crippen LogP contribution < -0.4 is 5.32 Å². The summed E-state index contributed by atoms with van der Waals surface area (Å²) in [6.45, 7) is 0.848. The van der Waals surface area contributed by atoms with E-state index in [0.717, 1.165) is 11.1 Å². The minimum Gasteiger partial charge on any atom is -0.478 e. The van der Waals surface area contributed by atoms with Crippen LogP contribution in [0, 0.1) is 0 Å². The SMILES string of the molecule is O=C(O)c1ccc2c(c1)CN(C(=O)Nc1nncs1)C2. The van der Waals surface area contributed by atoms with Crippen LogP contribution in [0.15, 0.2) is 23.7 Å². The molecule has 2 N–H and O–H groups in total. The molecule has 20 heavy (non-hydrogen) atoms. The van der Waals surface area contributed by atoms with Crippen molar-refractivity contribution in [3.63, 3.8) is 0 Å². The molecule has 0 spiro atoms. The van der Waals surface area contributed by atoms with Gasteiger partial charge in [0.1, 0.15) is 5.51 Å². The number of carbonyl (C=O) groups excluding carboxylic acids is 1. The van der Waals surface area contributed by atoms with Gasteiger partial charge in [0.2, 0.25) is 5.13 Å². The van der Waals surface area contributed by atoms with Gasteiger partial charge < -0.3 is 10.0 Å². The number of anilines is 1. The average Bonchev–Trinajstić information content (AvgIpc) is 3.05. The molecule has 1 aliphatic heterocycles. The maximum Gasteiger partial charge on any atom is 0.335 e. The number of hydrogen-bond donors (Lipinski definition) is 2. The molecule has 7 nitrogen and oxygen atoms in total. The van der Waals surface area contributed by atoms with Gasteiger partial charge in [0.05, 0.1) is 5.56 Å². The summed E-state index contributed by atoms with van der Waals surface area (Å²) in [6.07, 6.45) is 0. The van der Waals surface area contributed by atoms with Crippen LogP contribution >= 0.6 is 11.3 Å². The topological polar surface area (TPSA) is 95.4 Å². The van der Waals surface area contributed by atoms with Gasteiger partial charge >= 0.3 is 12.0 Å². The third-order valence-corrected chi connectivity index (χ3v) is 3.64. The summed E-state index contributed by atoms with van der Waals surface area (Å²) in [5.41, 5.74) is 3.59. The van der Waals surface area contributed by atoms with Crippen LogP contribution in [0.2, 0.25) is 0 Å². The molecule has 1 aromatic carbocycles. The number of nitrogens with zero attached hydrogens (tertiary/aromatic N) is 3. The molecule has 2 amide bonds. The molecule has 0 aliphatic carbocycles. The Balaban J connectivity index is 1.73. The van der Waals surface area contributed by atoms with Gasteiger partial charge in [-0.05, 0) is 23.3 Å². The Bertz CT molecular complexity index is 671. The van der Waals surface area contributed by atoms with Gasteiger partial charge in [-0.3, -0.25) is 5.32 Å². The maximum absolute atomic E-state index is 12.0. The lowest BCUT2D eigenvalue weighted by Gasteiger charge is -2.14. The molecule has 2 aromatic rings. The Labute approximate surface area is 117 Å². The van der Waals surface area contributed by atoms with Crippen molar-refractivity contribution in [2.24, 2.45) is 0 Å². The van der Waals surface area contributed by atoms with E-state index >= 15 is 0 Å². The maximum atomic E-state index is 12.0. The summed E-state index contributed by atoms with van der Waals surface area (Å²) < 4.78 is 0. The number of carbonyl (C=O) groups is 2. The van der Waals surface area contributed by atoms with E-state index in [1.165, 1.54) is 16.8 Å². The Hall–Kier alpha value is -2.48. The van der Waals surface area contributed by atoms with Crippen molar-refractivity contribution in [2.45, 2.75) is 13.1 Å². The van der Waals surface area contributed by atoms with Crippen molar-refractivity contribution in [3.8, 4) is 0 Å². The number of urea groups is 1. The fraction of sp³-hybridized carbons (Fsp3) is 0.167. The Morgan fingerprint density at radius 2 is 2.10 bits per heavy atom. The zero-order valence-electron chi connectivity index (χ0n) is 10.2. The molecule has 0 fully saturated rings. The number of fused-ring (bicyclic) bond motifs is 1. The van der Waals surface area contributed by atoms with Crippen LogP contribution in [0.3, 0.4) is 0 Å². The normalized spacial score (nSPS) is 13.1. The van der Waals surface area contributed by atoms with Crippen LogP contribution in [0.5, 0.6) is 0 Å². The van der Waals surface area contributed by atoms with Crippen LogP contribution in [-0.4, -0.2) is 32.2 Å². The first-order valence-corrected chi connectivity index (χ1v) is 6.68. The zero-order valence-corrected chi connectivity index (χ0v) is 11.1. The smallest absolute Gasteiger partial charge is 0.335 e. The highest BCUT2D eigenvalue weighted by Crippen LogP contribution is 2.24. The largest absolute Gasteiger partial charge is 0.478 e. The lowest BCUT2D eigenvalue weighted by Crippen LogP contribution is -2.30. The van der Waals surface area contributed by atoms with Gasteiger partial charge in [-0.1, -0.05) is 17.4 Å². The fourth-order valence-electron chi connectivity index (χ4n) is 2.07. The van der Waals surface area contributed by atoms with Crippen LogP contribution in [-0.2, 0) is 13.1 Å². The molecule has 0 saturated carbocycles. The quantitative estimate of drug-likeness (QED) is 0.879. The van der Waals surface area contributed by atoms with Gasteiger partial charge in [0, 0.05) is 13.1 Å². The third-order valence-electron chi connectivity index (χ3n) is 3.04. The van der Waals surface area contributed by atoms with E-state index in [2.05, 4.69) is 15.5 Å². The second-order valence-electron chi connectivity index (χ2n) is 4.32. The number of carboxylic acids is 1.